The molecule has 7 heteroatoms. The van der Waals surface area contributed by atoms with Crippen molar-refractivity contribution < 1.29 is 19.0 Å². The molecule has 2 N–H and O–H groups in total. The largest absolute Gasteiger partial charge is 0.493 e. The van der Waals surface area contributed by atoms with Crippen molar-refractivity contribution in [2.45, 2.75) is 25.2 Å². The van der Waals surface area contributed by atoms with Crippen LogP contribution in [0.3, 0.4) is 0 Å². The third kappa shape index (κ3) is 3.34. The van der Waals surface area contributed by atoms with E-state index in [1.165, 1.54) is 21.3 Å². The fourth-order valence-corrected chi connectivity index (χ4v) is 4.56. The number of anilines is 1. The lowest BCUT2D eigenvalue weighted by Crippen LogP contribution is -2.38. The molecule has 2 aromatic carbocycles. The predicted octanol–water partition coefficient (Wildman–Crippen LogP) is 4.02. The van der Waals surface area contributed by atoms with Crippen LogP contribution in [0.4, 0.5) is 5.69 Å². The van der Waals surface area contributed by atoms with Crippen LogP contribution in [0.25, 0.3) is 0 Å². The van der Waals surface area contributed by atoms with E-state index in [0.29, 0.717) is 52.6 Å². The molecule has 0 radical (unpaired) electrons. The summed E-state index contributed by atoms with van der Waals surface area (Å²) in [5.41, 5.74) is 9.86. The van der Waals surface area contributed by atoms with Gasteiger partial charge in [0.1, 0.15) is 5.82 Å². The average molecular weight is 431 g/mol. The van der Waals surface area contributed by atoms with Crippen LogP contribution >= 0.6 is 0 Å². The highest BCUT2D eigenvalue weighted by atomic mass is 16.5. The molecule has 0 amide bonds. The van der Waals surface area contributed by atoms with Gasteiger partial charge >= 0.3 is 0 Å². The van der Waals surface area contributed by atoms with E-state index in [1.54, 1.807) is 12.1 Å². The number of rotatable bonds is 5. The number of carbonyl (C=O) groups is 1. The molecule has 164 valence electrons. The van der Waals surface area contributed by atoms with Crippen molar-refractivity contribution in [3.05, 3.63) is 70.7 Å². The molecule has 0 saturated carbocycles. The number of allylic oxidation sites excluding steroid dienone is 3. The highest BCUT2D eigenvalue weighted by Crippen LogP contribution is 2.49. The summed E-state index contributed by atoms with van der Waals surface area (Å²) in [6.07, 6.45) is 1.86. The fourth-order valence-electron chi connectivity index (χ4n) is 4.56. The second-order valence-electron chi connectivity index (χ2n) is 7.61. The number of carbonyl (C=O) groups excluding carboxylic acids is 1. The van der Waals surface area contributed by atoms with Gasteiger partial charge in [0.2, 0.25) is 5.75 Å². The maximum atomic E-state index is 13.2. The molecule has 1 atom stereocenters. The van der Waals surface area contributed by atoms with E-state index in [9.17, 15) is 10.1 Å². The Morgan fingerprint density at radius 1 is 1.03 bits per heavy atom. The number of ether oxygens (including phenoxy) is 3. The van der Waals surface area contributed by atoms with Crippen molar-refractivity contribution in [1.29, 1.82) is 5.26 Å². The van der Waals surface area contributed by atoms with Crippen LogP contribution in [0.1, 0.15) is 30.7 Å². The number of nitriles is 1. The lowest BCUT2D eigenvalue weighted by Gasteiger charge is -2.39. The number of para-hydroxylation sites is 1. The van der Waals surface area contributed by atoms with Gasteiger partial charge in [-0.2, -0.15) is 5.26 Å². The smallest absolute Gasteiger partial charge is 0.203 e. The maximum Gasteiger partial charge on any atom is 0.203 e. The molecule has 32 heavy (non-hydrogen) atoms. The van der Waals surface area contributed by atoms with Gasteiger partial charge in [0.05, 0.1) is 38.9 Å². The van der Waals surface area contributed by atoms with E-state index in [-0.39, 0.29) is 5.78 Å². The molecule has 0 spiro atoms. The molecule has 0 aromatic heterocycles. The van der Waals surface area contributed by atoms with Crippen LogP contribution < -0.4 is 24.8 Å². The summed E-state index contributed by atoms with van der Waals surface area (Å²) in [6.45, 7) is 0. The minimum absolute atomic E-state index is 0.0196. The van der Waals surface area contributed by atoms with Gasteiger partial charge in [-0.15, -0.1) is 0 Å². The van der Waals surface area contributed by atoms with Gasteiger partial charge in [-0.3, -0.25) is 9.69 Å². The van der Waals surface area contributed by atoms with E-state index in [1.807, 2.05) is 35.2 Å². The summed E-state index contributed by atoms with van der Waals surface area (Å²) in [6, 6.07) is 15.4. The zero-order chi connectivity index (χ0) is 22.8. The Balaban J connectivity index is 1.99. The van der Waals surface area contributed by atoms with E-state index >= 15 is 0 Å². The first-order valence-corrected chi connectivity index (χ1v) is 10.4. The second-order valence-corrected chi connectivity index (χ2v) is 7.61. The molecular formula is C25H25N3O4. The Bertz CT molecular complexity index is 1140. The lowest BCUT2D eigenvalue weighted by atomic mass is 9.75. The number of nitrogens with zero attached hydrogens (tertiary/aromatic N) is 2. The Morgan fingerprint density at radius 2 is 1.69 bits per heavy atom. The highest BCUT2D eigenvalue weighted by molar-refractivity contribution is 6.01. The zero-order valence-electron chi connectivity index (χ0n) is 18.3. The summed E-state index contributed by atoms with van der Waals surface area (Å²) in [5, 5.41) is 10.2. The van der Waals surface area contributed by atoms with Crippen LogP contribution in [0.2, 0.25) is 0 Å². The van der Waals surface area contributed by atoms with E-state index < -0.39 is 5.92 Å². The topological polar surface area (TPSA) is 97.8 Å². The van der Waals surface area contributed by atoms with Crippen molar-refractivity contribution >= 4 is 11.5 Å². The van der Waals surface area contributed by atoms with Crippen LogP contribution in [0.5, 0.6) is 17.2 Å². The minimum Gasteiger partial charge on any atom is -0.493 e. The van der Waals surface area contributed by atoms with Gasteiger partial charge in [0.25, 0.3) is 0 Å². The molecule has 2 aliphatic rings. The fraction of sp³-hybridized carbons (Fsp3) is 0.280. The van der Waals surface area contributed by atoms with Crippen molar-refractivity contribution in [3.63, 3.8) is 0 Å². The number of ketones is 1. The van der Waals surface area contributed by atoms with Gasteiger partial charge in [-0.25, -0.2) is 0 Å². The van der Waals surface area contributed by atoms with Crippen molar-refractivity contribution in [2.24, 2.45) is 5.73 Å². The molecule has 0 fully saturated rings. The van der Waals surface area contributed by atoms with Gasteiger partial charge in [0, 0.05) is 23.4 Å². The van der Waals surface area contributed by atoms with Gasteiger partial charge in [-0.1, -0.05) is 18.2 Å². The molecule has 0 bridgehead atoms. The molecule has 1 aliphatic heterocycles. The van der Waals surface area contributed by atoms with Crippen molar-refractivity contribution in [3.8, 4) is 23.3 Å². The van der Waals surface area contributed by atoms with Crippen LogP contribution in [0, 0.1) is 11.3 Å². The van der Waals surface area contributed by atoms with Crippen LogP contribution in [-0.2, 0) is 4.79 Å². The second kappa shape index (κ2) is 8.67. The number of Topliss-reactive ketones (excluding diaryl/α,β-unsaturated/α-hetero) is 1. The van der Waals surface area contributed by atoms with Crippen LogP contribution in [0.15, 0.2) is 65.1 Å². The molecule has 2 aromatic rings. The number of hydrogen-bond acceptors (Lipinski definition) is 7. The standard InChI is InChI=1S/C25H25N3O4/c1-30-20-12-15(13-21(31-2)24(20)32-3)22-17(14-26)25(27)28(16-8-5-4-6-9-16)18-10-7-11-19(29)23(18)22/h4-6,8-9,12-13,22H,7,10-11,27H2,1-3H3. The zero-order valence-corrected chi connectivity index (χ0v) is 18.3. The van der Waals surface area contributed by atoms with Crippen molar-refractivity contribution in [2.75, 3.05) is 26.2 Å². The Labute approximate surface area is 187 Å². The molecule has 7 nitrogen and oxygen atoms in total. The average Bonchev–Trinajstić information content (AvgIpc) is 2.83. The monoisotopic (exact) mass is 431 g/mol. The molecule has 4 rings (SSSR count). The SMILES string of the molecule is COc1cc(C2C(C#N)=C(N)N(c3ccccc3)C3=C2C(=O)CCC3)cc(OC)c1OC. The van der Waals surface area contributed by atoms with E-state index in [2.05, 4.69) is 6.07 Å². The quantitative estimate of drug-likeness (QED) is 0.764. The number of benzene rings is 2. The maximum absolute atomic E-state index is 13.2. The Kier molecular flexibility index (Phi) is 5.78. The van der Waals surface area contributed by atoms with Crippen LogP contribution in [-0.4, -0.2) is 27.1 Å². The molecule has 0 saturated heterocycles. The van der Waals surface area contributed by atoms with E-state index in [4.69, 9.17) is 19.9 Å². The predicted molar refractivity (Wildman–Crippen MR) is 120 cm³/mol. The first-order chi connectivity index (χ1) is 15.5. The molecular weight excluding hydrogens is 406 g/mol. The number of nitrogens with two attached hydrogens (primary N) is 1. The summed E-state index contributed by atoms with van der Waals surface area (Å²) in [7, 11) is 4.60. The van der Waals surface area contributed by atoms with Gasteiger partial charge < -0.3 is 19.9 Å². The summed E-state index contributed by atoms with van der Waals surface area (Å²) in [4.78, 5) is 15.1. The third-order valence-electron chi connectivity index (χ3n) is 5.95. The molecule has 1 heterocycles. The Hall–Kier alpha value is -3.92. The highest BCUT2D eigenvalue weighted by Gasteiger charge is 2.40. The third-order valence-corrected chi connectivity index (χ3v) is 5.95. The lowest BCUT2D eigenvalue weighted by molar-refractivity contribution is -0.116. The number of hydrogen-bond donors (Lipinski definition) is 1. The van der Waals surface area contributed by atoms with Gasteiger partial charge in [0.15, 0.2) is 17.3 Å². The minimum atomic E-state index is -0.614. The molecule has 1 aliphatic carbocycles. The summed E-state index contributed by atoms with van der Waals surface area (Å²) >= 11 is 0. The van der Waals surface area contributed by atoms with Gasteiger partial charge in [-0.05, 0) is 42.7 Å². The number of methoxy groups -OCH3 is 3. The summed E-state index contributed by atoms with van der Waals surface area (Å²) < 4.78 is 16.5. The normalized spacial score (nSPS) is 18.2. The first kappa shape index (κ1) is 21.3. The van der Waals surface area contributed by atoms with Crippen molar-refractivity contribution in [1.82, 2.24) is 0 Å². The Morgan fingerprint density at radius 3 is 2.25 bits per heavy atom. The van der Waals surface area contributed by atoms with E-state index in [0.717, 1.165) is 17.8 Å². The summed E-state index contributed by atoms with van der Waals surface area (Å²) in [5.74, 6) is 1.08. The first-order valence-electron chi connectivity index (χ1n) is 10.4. The molecule has 1 unspecified atom stereocenters.